The molecule has 1 atom stereocenters. The Morgan fingerprint density at radius 1 is 1.23 bits per heavy atom. The first kappa shape index (κ1) is 16.3. The number of thioether (sulfide) groups is 1. The lowest BCUT2D eigenvalue weighted by molar-refractivity contribution is -0.115. The van der Waals surface area contributed by atoms with Gasteiger partial charge in [0.2, 0.25) is 5.91 Å². The van der Waals surface area contributed by atoms with Crippen LogP contribution in [-0.2, 0) is 4.79 Å². The molecule has 0 bridgehead atoms. The maximum atomic E-state index is 12.4. The van der Waals surface area contributed by atoms with Crippen LogP contribution in [-0.4, -0.2) is 21.1 Å². The van der Waals surface area contributed by atoms with Crippen molar-refractivity contribution in [3.63, 3.8) is 0 Å². The van der Waals surface area contributed by atoms with Crippen molar-refractivity contribution in [2.75, 3.05) is 11.1 Å². The van der Waals surface area contributed by atoms with Crippen molar-refractivity contribution in [3.05, 3.63) is 41.1 Å². The van der Waals surface area contributed by atoms with Crippen LogP contribution < -0.4 is 11.1 Å². The summed E-state index contributed by atoms with van der Waals surface area (Å²) in [6.45, 7) is 7.63. The summed E-state index contributed by atoms with van der Waals surface area (Å²) in [6.07, 6.45) is 0. The van der Waals surface area contributed by atoms with Crippen molar-refractivity contribution < 1.29 is 4.79 Å². The van der Waals surface area contributed by atoms with Crippen molar-refractivity contribution in [1.29, 1.82) is 0 Å². The normalized spacial score (nSPS) is 12.0. The second kappa shape index (κ2) is 6.79. The van der Waals surface area contributed by atoms with Gasteiger partial charge in [0.15, 0.2) is 5.16 Å². The molecule has 1 aromatic heterocycles. The highest BCUT2D eigenvalue weighted by molar-refractivity contribution is 8.00. The lowest BCUT2D eigenvalue weighted by Crippen LogP contribution is -2.23. The Bertz CT molecular complexity index is 662. The van der Waals surface area contributed by atoms with E-state index in [2.05, 4.69) is 15.3 Å². The summed E-state index contributed by atoms with van der Waals surface area (Å²) in [5.74, 6) is 0.337. The molecule has 116 valence electrons. The summed E-state index contributed by atoms with van der Waals surface area (Å²) in [5, 5.41) is 3.18. The average molecular weight is 316 g/mol. The average Bonchev–Trinajstić information content (AvgIpc) is 2.41. The van der Waals surface area contributed by atoms with Gasteiger partial charge in [-0.3, -0.25) is 4.79 Å². The monoisotopic (exact) mass is 316 g/mol. The number of nitrogens with two attached hydrogens (primary N) is 1. The van der Waals surface area contributed by atoms with Crippen molar-refractivity contribution in [3.8, 4) is 0 Å². The van der Waals surface area contributed by atoms with Crippen molar-refractivity contribution in [1.82, 2.24) is 9.97 Å². The van der Waals surface area contributed by atoms with E-state index in [1.165, 1.54) is 11.8 Å². The van der Waals surface area contributed by atoms with Gasteiger partial charge in [0.1, 0.15) is 5.82 Å². The SMILES string of the molecule is Cc1cc(N)nc(S[C@@H](C)C(=O)Nc2c(C)cccc2C)n1. The Morgan fingerprint density at radius 2 is 1.86 bits per heavy atom. The zero-order valence-corrected chi connectivity index (χ0v) is 14.0. The van der Waals surface area contributed by atoms with Gasteiger partial charge in [-0.1, -0.05) is 30.0 Å². The Kier molecular flexibility index (Phi) is 5.03. The molecule has 1 amide bonds. The fourth-order valence-electron chi connectivity index (χ4n) is 2.07. The minimum absolute atomic E-state index is 0.0777. The number of hydrogen-bond donors (Lipinski definition) is 2. The number of hydrogen-bond acceptors (Lipinski definition) is 5. The molecule has 0 saturated carbocycles. The van der Waals surface area contributed by atoms with Crippen LogP contribution in [0.3, 0.4) is 0 Å². The van der Waals surface area contributed by atoms with Crippen LogP contribution in [0.1, 0.15) is 23.7 Å². The van der Waals surface area contributed by atoms with E-state index in [-0.39, 0.29) is 11.2 Å². The lowest BCUT2D eigenvalue weighted by Gasteiger charge is -2.15. The molecule has 0 aliphatic carbocycles. The molecule has 6 heteroatoms. The molecule has 5 nitrogen and oxygen atoms in total. The van der Waals surface area contributed by atoms with Crippen LogP contribution in [0.2, 0.25) is 0 Å². The van der Waals surface area contributed by atoms with Crippen LogP contribution in [0.5, 0.6) is 0 Å². The topological polar surface area (TPSA) is 80.9 Å². The van der Waals surface area contributed by atoms with E-state index in [1.54, 1.807) is 6.07 Å². The van der Waals surface area contributed by atoms with E-state index in [9.17, 15) is 4.79 Å². The van der Waals surface area contributed by atoms with Crippen LogP contribution in [0.15, 0.2) is 29.4 Å². The quantitative estimate of drug-likeness (QED) is 0.669. The maximum Gasteiger partial charge on any atom is 0.237 e. The Morgan fingerprint density at radius 3 is 2.45 bits per heavy atom. The van der Waals surface area contributed by atoms with Crippen LogP contribution in [0, 0.1) is 20.8 Å². The predicted octanol–water partition coefficient (Wildman–Crippen LogP) is 3.10. The molecule has 0 spiro atoms. The number of nitrogens with one attached hydrogen (secondary N) is 1. The largest absolute Gasteiger partial charge is 0.384 e. The minimum atomic E-state index is -0.319. The molecule has 1 heterocycles. The number of nitrogen functional groups attached to an aromatic ring is 1. The molecule has 0 unspecified atom stereocenters. The predicted molar refractivity (Wildman–Crippen MR) is 91.0 cm³/mol. The van der Waals surface area contributed by atoms with Crippen molar-refractivity contribution in [2.45, 2.75) is 38.1 Å². The fraction of sp³-hybridized carbons (Fsp3) is 0.312. The minimum Gasteiger partial charge on any atom is -0.384 e. The number of rotatable bonds is 4. The summed E-state index contributed by atoms with van der Waals surface area (Å²) < 4.78 is 0. The van der Waals surface area contributed by atoms with Gasteiger partial charge in [-0.05, 0) is 38.8 Å². The first-order valence-corrected chi connectivity index (χ1v) is 7.89. The van der Waals surface area contributed by atoms with E-state index in [0.29, 0.717) is 11.0 Å². The molecule has 0 saturated heterocycles. The highest BCUT2D eigenvalue weighted by atomic mass is 32.2. The van der Waals surface area contributed by atoms with E-state index >= 15 is 0 Å². The summed E-state index contributed by atoms with van der Waals surface area (Å²) >= 11 is 1.30. The van der Waals surface area contributed by atoms with Crippen LogP contribution >= 0.6 is 11.8 Å². The van der Waals surface area contributed by atoms with E-state index in [1.807, 2.05) is 45.9 Å². The van der Waals surface area contributed by atoms with Gasteiger partial charge in [-0.15, -0.1) is 0 Å². The number of amides is 1. The Balaban J connectivity index is 2.09. The molecule has 0 radical (unpaired) electrons. The summed E-state index contributed by atoms with van der Waals surface area (Å²) in [5.41, 5.74) is 9.45. The zero-order chi connectivity index (χ0) is 16.3. The number of para-hydroxylation sites is 1. The Labute approximate surface area is 134 Å². The highest BCUT2D eigenvalue weighted by Gasteiger charge is 2.18. The first-order chi connectivity index (χ1) is 10.4. The third-order valence-corrected chi connectivity index (χ3v) is 4.20. The van der Waals surface area contributed by atoms with Crippen LogP contribution in [0.25, 0.3) is 0 Å². The zero-order valence-electron chi connectivity index (χ0n) is 13.2. The third-order valence-electron chi connectivity index (χ3n) is 3.23. The third kappa shape index (κ3) is 3.98. The number of aryl methyl sites for hydroxylation is 3. The fourth-order valence-corrected chi connectivity index (χ4v) is 2.90. The molecule has 0 aliphatic heterocycles. The van der Waals surface area contributed by atoms with Gasteiger partial charge in [-0.25, -0.2) is 9.97 Å². The molecule has 0 fully saturated rings. The molecule has 2 rings (SSSR count). The second-order valence-corrected chi connectivity index (χ2v) is 6.54. The van der Waals surface area contributed by atoms with E-state index < -0.39 is 0 Å². The second-order valence-electron chi connectivity index (χ2n) is 5.23. The summed E-state index contributed by atoms with van der Waals surface area (Å²) in [6, 6.07) is 7.63. The van der Waals surface area contributed by atoms with Gasteiger partial charge < -0.3 is 11.1 Å². The summed E-state index contributed by atoms with van der Waals surface area (Å²) in [7, 11) is 0. The van der Waals surface area contributed by atoms with Gasteiger partial charge >= 0.3 is 0 Å². The van der Waals surface area contributed by atoms with E-state index in [0.717, 1.165) is 22.5 Å². The summed E-state index contributed by atoms with van der Waals surface area (Å²) in [4.78, 5) is 20.8. The molecule has 2 aromatic rings. The Hall–Kier alpha value is -2.08. The van der Waals surface area contributed by atoms with Gasteiger partial charge in [0, 0.05) is 17.4 Å². The molecule has 1 aromatic carbocycles. The van der Waals surface area contributed by atoms with Gasteiger partial charge in [0.05, 0.1) is 5.25 Å². The number of nitrogens with zero attached hydrogens (tertiary/aromatic N) is 2. The van der Waals surface area contributed by atoms with Crippen molar-refractivity contribution in [2.24, 2.45) is 0 Å². The first-order valence-electron chi connectivity index (χ1n) is 7.01. The number of carbonyl (C=O) groups is 1. The van der Waals surface area contributed by atoms with Crippen molar-refractivity contribution >= 4 is 29.2 Å². The maximum absolute atomic E-state index is 12.4. The molecule has 3 N–H and O–H groups in total. The molecule has 22 heavy (non-hydrogen) atoms. The highest BCUT2D eigenvalue weighted by Crippen LogP contribution is 2.24. The number of aromatic nitrogens is 2. The molecular weight excluding hydrogens is 296 g/mol. The lowest BCUT2D eigenvalue weighted by atomic mass is 10.1. The smallest absolute Gasteiger partial charge is 0.237 e. The van der Waals surface area contributed by atoms with Gasteiger partial charge in [0.25, 0.3) is 0 Å². The molecule has 0 aliphatic rings. The molecular formula is C16H20N4OS. The number of benzene rings is 1. The number of anilines is 2. The van der Waals surface area contributed by atoms with Crippen LogP contribution in [0.4, 0.5) is 11.5 Å². The van der Waals surface area contributed by atoms with Gasteiger partial charge in [-0.2, -0.15) is 0 Å². The van der Waals surface area contributed by atoms with E-state index in [4.69, 9.17) is 5.73 Å². The standard InChI is InChI=1S/C16H20N4OS/c1-9-6-5-7-10(2)14(9)20-15(21)12(4)22-16-18-11(3)8-13(17)19-16/h5-8,12H,1-4H3,(H,20,21)(H2,17,18,19)/t12-/m0/s1. The number of carbonyl (C=O) groups excluding carboxylic acids is 1.